The highest BCUT2D eigenvalue weighted by atomic mass is 79.9. The van der Waals surface area contributed by atoms with E-state index in [0.717, 1.165) is 16.3 Å². The minimum absolute atomic E-state index is 0.0494. The zero-order valence-electron chi connectivity index (χ0n) is 12.0. The summed E-state index contributed by atoms with van der Waals surface area (Å²) >= 11 is 3.38. The Morgan fingerprint density at radius 2 is 1.95 bits per heavy atom. The summed E-state index contributed by atoms with van der Waals surface area (Å²) in [5.41, 5.74) is 1.01. The van der Waals surface area contributed by atoms with Gasteiger partial charge in [-0.1, -0.05) is 28.1 Å². The highest BCUT2D eigenvalue weighted by Gasteiger charge is 2.54. The van der Waals surface area contributed by atoms with Gasteiger partial charge in [-0.25, -0.2) is 8.42 Å². The Kier molecular flexibility index (Phi) is 4.05. The standard InChI is InChI=1S/C14H17BrN2O4S/c1-22(20,21)16-6-11-14(9-2-4-10(15)5-3-9)12(8-18)17(11)13(19)7-16/h2-5,11-12,14,18H,6-8H2,1H3/t11-,12+,14+/m0/s1. The molecule has 6 nitrogen and oxygen atoms in total. The van der Waals surface area contributed by atoms with Crippen LogP contribution in [-0.4, -0.2) is 66.7 Å². The van der Waals surface area contributed by atoms with Crippen LogP contribution in [0.15, 0.2) is 28.7 Å². The van der Waals surface area contributed by atoms with E-state index < -0.39 is 10.0 Å². The molecule has 2 aliphatic rings. The van der Waals surface area contributed by atoms with Gasteiger partial charge in [-0.2, -0.15) is 4.31 Å². The molecular formula is C14H17BrN2O4S. The molecule has 0 unspecified atom stereocenters. The third kappa shape index (κ3) is 2.58. The van der Waals surface area contributed by atoms with E-state index in [1.165, 1.54) is 4.31 Å². The molecule has 0 spiro atoms. The van der Waals surface area contributed by atoms with Gasteiger partial charge in [0.2, 0.25) is 15.9 Å². The Morgan fingerprint density at radius 3 is 2.50 bits per heavy atom. The molecule has 0 bridgehead atoms. The predicted octanol–water partition coefficient (Wildman–Crippen LogP) is 0.380. The van der Waals surface area contributed by atoms with E-state index in [9.17, 15) is 18.3 Å². The molecule has 8 heteroatoms. The first kappa shape index (κ1) is 15.9. The van der Waals surface area contributed by atoms with Crippen molar-refractivity contribution in [2.24, 2.45) is 0 Å². The summed E-state index contributed by atoms with van der Waals surface area (Å²) in [6, 6.07) is 7.21. The van der Waals surface area contributed by atoms with Crippen molar-refractivity contribution in [3.05, 3.63) is 34.3 Å². The van der Waals surface area contributed by atoms with Gasteiger partial charge >= 0.3 is 0 Å². The molecule has 2 fully saturated rings. The molecule has 3 atom stereocenters. The SMILES string of the molecule is CS(=O)(=O)N1CC(=O)N2[C@H](CO)[C@H](c3ccc(Br)cc3)[C@@H]2C1. The molecule has 1 N–H and O–H groups in total. The van der Waals surface area contributed by atoms with Crippen LogP contribution < -0.4 is 0 Å². The van der Waals surface area contributed by atoms with E-state index in [-0.39, 0.29) is 43.6 Å². The van der Waals surface area contributed by atoms with Crippen LogP contribution in [0.4, 0.5) is 0 Å². The number of hydrogen-bond donors (Lipinski definition) is 1. The lowest BCUT2D eigenvalue weighted by molar-refractivity contribution is -0.158. The zero-order valence-corrected chi connectivity index (χ0v) is 14.4. The highest BCUT2D eigenvalue weighted by molar-refractivity contribution is 9.10. The number of carbonyl (C=O) groups is 1. The topological polar surface area (TPSA) is 77.9 Å². The molecule has 2 saturated heterocycles. The molecule has 0 aliphatic carbocycles. The molecule has 1 aromatic carbocycles. The number of benzene rings is 1. The lowest BCUT2D eigenvalue weighted by Crippen LogP contribution is -2.73. The smallest absolute Gasteiger partial charge is 0.238 e. The van der Waals surface area contributed by atoms with Gasteiger partial charge in [-0.05, 0) is 17.7 Å². The summed E-state index contributed by atoms with van der Waals surface area (Å²) in [5.74, 6) is -0.291. The number of aliphatic hydroxyl groups excluding tert-OH is 1. The van der Waals surface area contributed by atoms with Crippen molar-refractivity contribution in [2.45, 2.75) is 18.0 Å². The molecule has 3 rings (SSSR count). The van der Waals surface area contributed by atoms with Crippen molar-refractivity contribution in [1.29, 1.82) is 0 Å². The van der Waals surface area contributed by atoms with Crippen molar-refractivity contribution in [1.82, 2.24) is 9.21 Å². The fourth-order valence-corrected chi connectivity index (χ4v) is 4.44. The zero-order chi connectivity index (χ0) is 16.1. The summed E-state index contributed by atoms with van der Waals surface area (Å²) in [4.78, 5) is 13.8. The maximum Gasteiger partial charge on any atom is 0.238 e. The van der Waals surface area contributed by atoms with Crippen molar-refractivity contribution in [3.8, 4) is 0 Å². The van der Waals surface area contributed by atoms with Crippen LogP contribution in [0.3, 0.4) is 0 Å². The van der Waals surface area contributed by atoms with Crippen LogP contribution in [0.1, 0.15) is 11.5 Å². The number of carbonyl (C=O) groups excluding carboxylic acids is 1. The second-order valence-corrected chi connectivity index (χ2v) is 8.65. The van der Waals surface area contributed by atoms with Crippen LogP contribution in [0.2, 0.25) is 0 Å². The number of piperazine rings is 1. The van der Waals surface area contributed by atoms with E-state index in [0.29, 0.717) is 0 Å². The Morgan fingerprint density at radius 1 is 1.32 bits per heavy atom. The third-order valence-electron chi connectivity index (χ3n) is 4.44. The molecule has 0 aromatic heterocycles. The number of hydrogen-bond acceptors (Lipinski definition) is 4. The van der Waals surface area contributed by atoms with E-state index in [2.05, 4.69) is 15.9 Å². The highest BCUT2D eigenvalue weighted by Crippen LogP contribution is 2.43. The fraction of sp³-hybridized carbons (Fsp3) is 0.500. The summed E-state index contributed by atoms with van der Waals surface area (Å²) in [6.45, 7) is 0.0164. The number of sulfonamides is 1. The van der Waals surface area contributed by atoms with Gasteiger partial charge in [-0.15, -0.1) is 0 Å². The van der Waals surface area contributed by atoms with Gasteiger partial charge in [0, 0.05) is 16.9 Å². The molecule has 0 radical (unpaired) electrons. The first-order valence-electron chi connectivity index (χ1n) is 6.95. The molecule has 0 saturated carbocycles. The minimum Gasteiger partial charge on any atom is -0.394 e. The predicted molar refractivity (Wildman–Crippen MR) is 84.8 cm³/mol. The van der Waals surface area contributed by atoms with Crippen molar-refractivity contribution in [3.63, 3.8) is 0 Å². The second-order valence-electron chi connectivity index (χ2n) is 5.75. The van der Waals surface area contributed by atoms with Crippen LogP contribution in [0, 0.1) is 0 Å². The number of aliphatic hydroxyl groups is 1. The van der Waals surface area contributed by atoms with Crippen LogP contribution in [-0.2, 0) is 14.8 Å². The average Bonchev–Trinajstić information content (AvgIpc) is 2.42. The summed E-state index contributed by atoms with van der Waals surface area (Å²) < 4.78 is 25.7. The fourth-order valence-electron chi connectivity index (χ4n) is 3.41. The second kappa shape index (κ2) is 5.59. The number of amides is 1. The van der Waals surface area contributed by atoms with E-state index >= 15 is 0 Å². The number of fused-ring (bicyclic) bond motifs is 1. The number of rotatable bonds is 3. The van der Waals surface area contributed by atoms with Gasteiger partial charge in [0.1, 0.15) is 0 Å². The van der Waals surface area contributed by atoms with E-state index in [1.807, 2.05) is 24.3 Å². The minimum atomic E-state index is -3.40. The summed E-state index contributed by atoms with van der Waals surface area (Å²) in [6.07, 6.45) is 1.12. The molecule has 2 heterocycles. The van der Waals surface area contributed by atoms with Gasteiger partial charge in [0.15, 0.2) is 0 Å². The van der Waals surface area contributed by atoms with Gasteiger partial charge in [0.25, 0.3) is 0 Å². The van der Waals surface area contributed by atoms with Crippen molar-refractivity contribution < 1.29 is 18.3 Å². The molecule has 1 amide bonds. The molecule has 22 heavy (non-hydrogen) atoms. The Balaban J connectivity index is 1.91. The summed E-state index contributed by atoms with van der Waals surface area (Å²) in [7, 11) is -3.40. The maximum atomic E-state index is 12.2. The van der Waals surface area contributed by atoms with Crippen LogP contribution in [0.25, 0.3) is 0 Å². The molecule has 1 aromatic rings. The lowest BCUT2D eigenvalue weighted by Gasteiger charge is -2.58. The molecule has 2 aliphatic heterocycles. The Hall–Kier alpha value is -0.960. The van der Waals surface area contributed by atoms with Gasteiger partial charge in [-0.3, -0.25) is 4.79 Å². The first-order valence-corrected chi connectivity index (χ1v) is 9.59. The lowest BCUT2D eigenvalue weighted by atomic mass is 9.74. The molecule has 120 valence electrons. The summed E-state index contributed by atoms with van der Waals surface area (Å²) in [5, 5.41) is 9.62. The average molecular weight is 389 g/mol. The quantitative estimate of drug-likeness (QED) is 0.811. The van der Waals surface area contributed by atoms with Crippen LogP contribution >= 0.6 is 15.9 Å². The Labute approximate surface area is 137 Å². The van der Waals surface area contributed by atoms with Gasteiger partial charge in [0.05, 0.1) is 31.5 Å². The van der Waals surface area contributed by atoms with Crippen molar-refractivity contribution >= 4 is 31.9 Å². The van der Waals surface area contributed by atoms with E-state index in [1.54, 1.807) is 4.90 Å². The first-order chi connectivity index (χ1) is 10.3. The van der Waals surface area contributed by atoms with Crippen LogP contribution in [0.5, 0.6) is 0 Å². The van der Waals surface area contributed by atoms with Crippen molar-refractivity contribution in [2.75, 3.05) is 26.0 Å². The van der Waals surface area contributed by atoms with E-state index in [4.69, 9.17) is 0 Å². The molecular weight excluding hydrogens is 372 g/mol. The number of halogens is 1. The Bertz CT molecular complexity index is 691. The normalized spacial score (nSPS) is 29.1. The number of nitrogens with zero attached hydrogens (tertiary/aromatic N) is 2. The van der Waals surface area contributed by atoms with Gasteiger partial charge < -0.3 is 10.0 Å². The third-order valence-corrected chi connectivity index (χ3v) is 6.19. The largest absolute Gasteiger partial charge is 0.394 e. The monoisotopic (exact) mass is 388 g/mol. The maximum absolute atomic E-state index is 12.2.